The molecular weight excluding hydrogens is 243 g/mol. The first-order valence-electron chi connectivity index (χ1n) is 4.76. The molecule has 0 bridgehead atoms. The van der Waals surface area contributed by atoms with E-state index in [9.17, 15) is 22.0 Å². The van der Waals surface area contributed by atoms with Crippen molar-refractivity contribution in [2.24, 2.45) is 0 Å². The molecule has 0 fully saturated rings. The van der Waals surface area contributed by atoms with E-state index in [4.69, 9.17) is 0 Å². The molecule has 0 saturated carbocycles. The largest absolute Gasteiger partial charge is 0.379 e. The highest BCUT2D eigenvalue weighted by atomic mass is 19.2. The van der Waals surface area contributed by atoms with E-state index in [0.29, 0.717) is 6.54 Å². The van der Waals surface area contributed by atoms with Gasteiger partial charge < -0.3 is 10.2 Å². The first-order valence-corrected chi connectivity index (χ1v) is 4.76. The number of hydrogen-bond donors (Lipinski definition) is 1. The number of anilines is 1. The monoisotopic (exact) mass is 254 g/mol. The Morgan fingerprint density at radius 2 is 1.24 bits per heavy atom. The fourth-order valence-electron chi connectivity index (χ4n) is 1.16. The molecule has 0 aromatic heterocycles. The average Bonchev–Trinajstić information content (AvgIpc) is 2.28. The van der Waals surface area contributed by atoms with E-state index in [-0.39, 0.29) is 6.54 Å². The normalized spacial score (nSPS) is 11.1. The van der Waals surface area contributed by atoms with Crippen LogP contribution in [0.5, 0.6) is 0 Å². The molecule has 1 aromatic rings. The van der Waals surface area contributed by atoms with Gasteiger partial charge in [0.15, 0.2) is 23.3 Å². The van der Waals surface area contributed by atoms with Crippen LogP contribution in [0.4, 0.5) is 27.6 Å². The summed E-state index contributed by atoms with van der Waals surface area (Å²) < 4.78 is 64.5. The highest BCUT2D eigenvalue weighted by molar-refractivity contribution is 5.47. The molecular formula is C10H11F5N2. The van der Waals surface area contributed by atoms with E-state index in [1.54, 1.807) is 19.0 Å². The Labute approximate surface area is 95.0 Å². The van der Waals surface area contributed by atoms with Crippen molar-refractivity contribution in [2.75, 3.05) is 32.5 Å². The maximum atomic E-state index is 13.1. The summed E-state index contributed by atoms with van der Waals surface area (Å²) in [6.07, 6.45) is 0. The lowest BCUT2D eigenvalue weighted by Crippen LogP contribution is -2.22. The molecule has 2 nitrogen and oxygen atoms in total. The number of likely N-dealkylation sites (N-methyl/N-ethyl adjacent to an activating group) is 1. The molecule has 0 radical (unpaired) electrons. The Kier molecular flexibility index (Phi) is 4.28. The van der Waals surface area contributed by atoms with Crippen molar-refractivity contribution in [2.45, 2.75) is 0 Å². The zero-order chi connectivity index (χ0) is 13.2. The van der Waals surface area contributed by atoms with E-state index in [0.717, 1.165) is 0 Å². The Morgan fingerprint density at radius 3 is 1.65 bits per heavy atom. The second-order valence-corrected chi connectivity index (χ2v) is 3.67. The van der Waals surface area contributed by atoms with Crippen LogP contribution in [-0.2, 0) is 0 Å². The van der Waals surface area contributed by atoms with Gasteiger partial charge in [-0.3, -0.25) is 0 Å². The molecule has 0 aliphatic heterocycles. The van der Waals surface area contributed by atoms with Crippen LogP contribution in [0.3, 0.4) is 0 Å². The van der Waals surface area contributed by atoms with Gasteiger partial charge in [0.25, 0.3) is 0 Å². The first kappa shape index (κ1) is 13.7. The summed E-state index contributed by atoms with van der Waals surface area (Å²) in [5.74, 6) is -9.74. The van der Waals surface area contributed by atoms with Crippen LogP contribution in [0.2, 0.25) is 0 Å². The lowest BCUT2D eigenvalue weighted by atomic mass is 10.2. The van der Waals surface area contributed by atoms with E-state index < -0.39 is 34.8 Å². The minimum Gasteiger partial charge on any atom is -0.379 e. The van der Waals surface area contributed by atoms with Gasteiger partial charge in [-0.2, -0.15) is 0 Å². The van der Waals surface area contributed by atoms with Crippen LogP contribution < -0.4 is 5.32 Å². The minimum atomic E-state index is -2.15. The second kappa shape index (κ2) is 5.31. The van der Waals surface area contributed by atoms with Crippen molar-refractivity contribution < 1.29 is 22.0 Å². The van der Waals surface area contributed by atoms with Crippen molar-refractivity contribution in [3.8, 4) is 0 Å². The number of nitrogens with zero attached hydrogens (tertiary/aromatic N) is 1. The lowest BCUT2D eigenvalue weighted by Gasteiger charge is -2.13. The predicted octanol–water partition coefficient (Wildman–Crippen LogP) is 2.36. The van der Waals surface area contributed by atoms with Crippen LogP contribution >= 0.6 is 0 Å². The molecule has 0 unspecified atom stereocenters. The fourth-order valence-corrected chi connectivity index (χ4v) is 1.16. The minimum absolute atomic E-state index is 0.0609. The predicted molar refractivity (Wildman–Crippen MR) is 53.3 cm³/mol. The third kappa shape index (κ3) is 2.85. The van der Waals surface area contributed by atoms with Crippen molar-refractivity contribution in [3.05, 3.63) is 29.1 Å². The standard InChI is InChI=1S/C10H11F5N2/c1-17(2)4-3-16-10-8(14)6(12)5(11)7(13)9(10)15/h16H,3-4H2,1-2H3. The molecule has 0 spiro atoms. The molecule has 1 aromatic carbocycles. The van der Waals surface area contributed by atoms with E-state index in [1.165, 1.54) is 0 Å². The SMILES string of the molecule is CN(C)CCNc1c(F)c(F)c(F)c(F)c1F. The fraction of sp³-hybridized carbons (Fsp3) is 0.400. The Balaban J connectivity index is 2.99. The quantitative estimate of drug-likeness (QED) is 0.504. The molecule has 1 N–H and O–H groups in total. The number of nitrogens with one attached hydrogen (secondary N) is 1. The summed E-state index contributed by atoms with van der Waals surface area (Å²) >= 11 is 0. The highest BCUT2D eigenvalue weighted by Crippen LogP contribution is 2.26. The summed E-state index contributed by atoms with van der Waals surface area (Å²) in [7, 11) is 3.42. The third-order valence-corrected chi connectivity index (χ3v) is 2.07. The topological polar surface area (TPSA) is 15.3 Å². The second-order valence-electron chi connectivity index (χ2n) is 3.67. The number of benzene rings is 1. The molecule has 0 heterocycles. The number of hydrogen-bond acceptors (Lipinski definition) is 2. The molecule has 96 valence electrons. The molecule has 0 aliphatic rings. The van der Waals surface area contributed by atoms with Crippen LogP contribution in [0, 0.1) is 29.1 Å². The Morgan fingerprint density at radius 1 is 0.824 bits per heavy atom. The van der Waals surface area contributed by atoms with E-state index >= 15 is 0 Å². The summed E-state index contributed by atoms with van der Waals surface area (Å²) in [6.45, 7) is 0.449. The Hall–Kier alpha value is -1.37. The van der Waals surface area contributed by atoms with E-state index in [1.807, 2.05) is 0 Å². The van der Waals surface area contributed by atoms with Crippen molar-refractivity contribution in [1.82, 2.24) is 4.90 Å². The molecule has 1 rings (SSSR count). The van der Waals surface area contributed by atoms with Crippen molar-refractivity contribution >= 4 is 5.69 Å². The number of rotatable bonds is 4. The smallest absolute Gasteiger partial charge is 0.200 e. The van der Waals surface area contributed by atoms with Crippen LogP contribution in [0.1, 0.15) is 0 Å². The van der Waals surface area contributed by atoms with Crippen molar-refractivity contribution in [3.63, 3.8) is 0 Å². The zero-order valence-corrected chi connectivity index (χ0v) is 9.25. The molecule has 0 atom stereocenters. The maximum Gasteiger partial charge on any atom is 0.200 e. The first-order chi connectivity index (χ1) is 7.86. The zero-order valence-electron chi connectivity index (χ0n) is 9.25. The summed E-state index contributed by atoms with van der Waals surface area (Å²) in [6, 6.07) is 0. The third-order valence-electron chi connectivity index (χ3n) is 2.07. The Bertz CT molecular complexity index is 391. The molecule has 0 aliphatic carbocycles. The van der Waals surface area contributed by atoms with E-state index in [2.05, 4.69) is 5.32 Å². The van der Waals surface area contributed by atoms with Gasteiger partial charge >= 0.3 is 0 Å². The van der Waals surface area contributed by atoms with Crippen LogP contribution in [0.15, 0.2) is 0 Å². The van der Waals surface area contributed by atoms with Crippen molar-refractivity contribution in [1.29, 1.82) is 0 Å². The molecule has 0 amide bonds. The lowest BCUT2D eigenvalue weighted by molar-refractivity contribution is 0.380. The van der Waals surface area contributed by atoms with Gasteiger partial charge in [0.05, 0.1) is 0 Å². The summed E-state index contributed by atoms with van der Waals surface area (Å²) in [5.41, 5.74) is -0.997. The molecule has 17 heavy (non-hydrogen) atoms. The van der Waals surface area contributed by atoms with Gasteiger partial charge in [0.2, 0.25) is 5.82 Å². The summed E-state index contributed by atoms with van der Waals surface area (Å²) in [4.78, 5) is 1.69. The average molecular weight is 254 g/mol. The summed E-state index contributed by atoms with van der Waals surface area (Å²) in [5, 5.41) is 2.18. The van der Waals surface area contributed by atoms with Gasteiger partial charge in [-0.25, -0.2) is 22.0 Å². The number of halogens is 5. The molecule has 0 saturated heterocycles. The maximum absolute atomic E-state index is 13.1. The molecule has 7 heteroatoms. The van der Waals surface area contributed by atoms with Crippen LogP contribution in [-0.4, -0.2) is 32.1 Å². The van der Waals surface area contributed by atoms with Gasteiger partial charge in [-0.15, -0.1) is 0 Å². The van der Waals surface area contributed by atoms with Crippen LogP contribution in [0.25, 0.3) is 0 Å². The van der Waals surface area contributed by atoms with Gasteiger partial charge in [-0.1, -0.05) is 0 Å². The van der Waals surface area contributed by atoms with Gasteiger partial charge in [0.1, 0.15) is 5.69 Å². The van der Waals surface area contributed by atoms with Gasteiger partial charge in [-0.05, 0) is 14.1 Å². The highest BCUT2D eigenvalue weighted by Gasteiger charge is 2.25. The van der Waals surface area contributed by atoms with Gasteiger partial charge in [0, 0.05) is 13.1 Å².